The molecule has 1 amide bonds. The maximum atomic E-state index is 13.2. The molecule has 0 aliphatic carbocycles. The van der Waals surface area contributed by atoms with Crippen molar-refractivity contribution >= 4 is 23.2 Å². The summed E-state index contributed by atoms with van der Waals surface area (Å²) in [5, 5.41) is 15.2. The molecule has 2 heterocycles. The van der Waals surface area contributed by atoms with Gasteiger partial charge in [-0.25, -0.2) is 9.67 Å². The van der Waals surface area contributed by atoms with Crippen LogP contribution in [0.1, 0.15) is 27.3 Å². The largest absolute Gasteiger partial charge is 0.435 e. The van der Waals surface area contributed by atoms with E-state index >= 15 is 0 Å². The average molecular weight is 406 g/mol. The molecule has 142 valence electrons. The molecule has 0 bridgehead atoms. The predicted molar refractivity (Wildman–Crippen MR) is 95.2 cm³/mol. The van der Waals surface area contributed by atoms with E-state index in [1.165, 1.54) is 24.4 Å². The highest BCUT2D eigenvalue weighted by Gasteiger charge is 2.36. The van der Waals surface area contributed by atoms with Crippen molar-refractivity contribution in [1.29, 1.82) is 5.26 Å². The lowest BCUT2D eigenvalue weighted by molar-refractivity contribution is -0.141. The zero-order valence-corrected chi connectivity index (χ0v) is 15.0. The SMILES string of the molecule is Cc1cccc(C#N)c1NC(=O)c1cc(C(F)(F)F)nn1-c1ncccc1Cl. The van der Waals surface area contributed by atoms with E-state index in [2.05, 4.69) is 15.4 Å². The van der Waals surface area contributed by atoms with Crippen LogP contribution in [0, 0.1) is 18.3 Å². The summed E-state index contributed by atoms with van der Waals surface area (Å²) in [4.78, 5) is 16.7. The highest BCUT2D eigenvalue weighted by atomic mass is 35.5. The van der Waals surface area contributed by atoms with Crippen LogP contribution in [0.2, 0.25) is 5.02 Å². The lowest BCUT2D eigenvalue weighted by atomic mass is 10.1. The number of anilines is 1. The van der Waals surface area contributed by atoms with Crippen LogP contribution >= 0.6 is 11.6 Å². The number of nitriles is 1. The van der Waals surface area contributed by atoms with Crippen LogP contribution in [0.4, 0.5) is 18.9 Å². The van der Waals surface area contributed by atoms with Gasteiger partial charge in [-0.15, -0.1) is 0 Å². The van der Waals surface area contributed by atoms with E-state index in [9.17, 15) is 23.2 Å². The molecular weight excluding hydrogens is 395 g/mol. The fourth-order valence-corrected chi connectivity index (χ4v) is 2.68. The van der Waals surface area contributed by atoms with E-state index in [-0.39, 0.29) is 22.1 Å². The van der Waals surface area contributed by atoms with Crippen LogP contribution in [0.3, 0.4) is 0 Å². The van der Waals surface area contributed by atoms with E-state index in [1.807, 2.05) is 6.07 Å². The number of halogens is 4. The zero-order valence-electron chi connectivity index (χ0n) is 14.3. The van der Waals surface area contributed by atoms with Gasteiger partial charge < -0.3 is 5.32 Å². The number of amides is 1. The zero-order chi connectivity index (χ0) is 20.5. The molecule has 0 spiro atoms. The quantitative estimate of drug-likeness (QED) is 0.701. The summed E-state index contributed by atoms with van der Waals surface area (Å²) >= 11 is 6.01. The van der Waals surface area contributed by atoms with Gasteiger partial charge in [0.1, 0.15) is 11.8 Å². The van der Waals surface area contributed by atoms with Gasteiger partial charge in [-0.05, 0) is 30.7 Å². The van der Waals surface area contributed by atoms with Gasteiger partial charge in [-0.2, -0.15) is 23.5 Å². The van der Waals surface area contributed by atoms with Crippen molar-refractivity contribution < 1.29 is 18.0 Å². The fourth-order valence-electron chi connectivity index (χ4n) is 2.48. The normalized spacial score (nSPS) is 11.1. The molecule has 0 fully saturated rings. The van der Waals surface area contributed by atoms with E-state index < -0.39 is 23.5 Å². The Morgan fingerprint density at radius 2 is 2.04 bits per heavy atom. The van der Waals surface area contributed by atoms with Gasteiger partial charge in [-0.1, -0.05) is 23.7 Å². The second kappa shape index (κ2) is 7.32. The first-order chi connectivity index (χ1) is 13.2. The van der Waals surface area contributed by atoms with Crippen LogP contribution < -0.4 is 5.32 Å². The topological polar surface area (TPSA) is 83.6 Å². The van der Waals surface area contributed by atoms with E-state index in [0.717, 1.165) is 4.68 Å². The molecular formula is C18H11ClF3N5O. The molecule has 2 aromatic heterocycles. The standard InChI is InChI=1S/C18H11ClF3N5O/c1-10-4-2-5-11(9-23)15(10)25-17(28)13-8-14(18(20,21)22)26-27(13)16-12(19)6-3-7-24-16/h2-8H,1H3,(H,25,28). The lowest BCUT2D eigenvalue weighted by Crippen LogP contribution is -2.19. The first-order valence-corrected chi connectivity index (χ1v) is 8.19. The number of benzene rings is 1. The Labute approximate surface area is 162 Å². The Morgan fingerprint density at radius 1 is 1.29 bits per heavy atom. The van der Waals surface area contributed by atoms with E-state index in [4.69, 9.17) is 11.6 Å². The average Bonchev–Trinajstić information content (AvgIpc) is 3.09. The number of pyridine rings is 1. The van der Waals surface area contributed by atoms with Gasteiger partial charge in [-0.3, -0.25) is 4.79 Å². The summed E-state index contributed by atoms with van der Waals surface area (Å²) in [6, 6.07) is 10.2. The van der Waals surface area contributed by atoms with Gasteiger partial charge in [0.25, 0.3) is 5.91 Å². The summed E-state index contributed by atoms with van der Waals surface area (Å²) < 4.78 is 40.2. The van der Waals surface area contributed by atoms with Gasteiger partial charge in [0.15, 0.2) is 11.5 Å². The maximum Gasteiger partial charge on any atom is 0.435 e. The Hall–Kier alpha value is -3.38. The third-order valence-corrected chi connectivity index (χ3v) is 4.10. The number of carbonyl (C=O) groups excluding carboxylic acids is 1. The molecule has 0 saturated heterocycles. The van der Waals surface area contributed by atoms with Crippen LogP contribution in [-0.2, 0) is 6.18 Å². The Bertz CT molecular complexity index is 1100. The third kappa shape index (κ3) is 3.68. The van der Waals surface area contributed by atoms with Gasteiger partial charge in [0.05, 0.1) is 16.3 Å². The van der Waals surface area contributed by atoms with Gasteiger partial charge in [0, 0.05) is 12.3 Å². The number of nitrogens with one attached hydrogen (secondary N) is 1. The predicted octanol–water partition coefficient (Wildman–Crippen LogP) is 4.37. The molecule has 3 aromatic rings. The maximum absolute atomic E-state index is 13.2. The minimum absolute atomic E-state index is 0.0157. The molecule has 1 aromatic carbocycles. The van der Waals surface area contributed by atoms with Crippen molar-refractivity contribution in [2.24, 2.45) is 0 Å². The first-order valence-electron chi connectivity index (χ1n) is 7.81. The molecule has 0 unspecified atom stereocenters. The highest BCUT2D eigenvalue weighted by Crippen LogP contribution is 2.31. The number of hydrogen-bond acceptors (Lipinski definition) is 4. The van der Waals surface area contributed by atoms with Crippen molar-refractivity contribution in [3.05, 3.63) is 70.1 Å². The Kier molecular flexibility index (Phi) is 5.07. The highest BCUT2D eigenvalue weighted by molar-refractivity contribution is 6.32. The lowest BCUT2D eigenvalue weighted by Gasteiger charge is -2.11. The molecule has 0 atom stereocenters. The smallest absolute Gasteiger partial charge is 0.319 e. The Morgan fingerprint density at radius 3 is 2.68 bits per heavy atom. The second-order valence-electron chi connectivity index (χ2n) is 5.70. The molecule has 6 nitrogen and oxygen atoms in total. The molecule has 0 aliphatic rings. The van der Waals surface area contributed by atoms with Gasteiger partial charge in [0.2, 0.25) is 0 Å². The summed E-state index contributed by atoms with van der Waals surface area (Å²) in [5.74, 6) is -1.02. The third-order valence-electron chi connectivity index (χ3n) is 3.80. The monoisotopic (exact) mass is 405 g/mol. The van der Waals surface area contributed by atoms with Crippen molar-refractivity contribution in [1.82, 2.24) is 14.8 Å². The summed E-state index contributed by atoms with van der Waals surface area (Å²) in [6.07, 6.45) is -3.46. The summed E-state index contributed by atoms with van der Waals surface area (Å²) in [6.45, 7) is 1.66. The fraction of sp³-hybridized carbons (Fsp3) is 0.111. The van der Waals surface area contributed by atoms with E-state index in [1.54, 1.807) is 19.1 Å². The molecule has 0 radical (unpaired) electrons. The van der Waals surface area contributed by atoms with Crippen molar-refractivity contribution in [3.8, 4) is 11.9 Å². The number of rotatable bonds is 3. The number of para-hydroxylation sites is 1. The summed E-state index contributed by atoms with van der Waals surface area (Å²) in [7, 11) is 0. The molecule has 3 rings (SSSR count). The molecule has 0 saturated carbocycles. The van der Waals surface area contributed by atoms with Crippen LogP contribution in [0.15, 0.2) is 42.6 Å². The first kappa shape index (κ1) is 19.4. The number of hydrogen-bond donors (Lipinski definition) is 1. The molecule has 0 aliphatic heterocycles. The number of aromatic nitrogens is 3. The molecule has 28 heavy (non-hydrogen) atoms. The minimum atomic E-state index is -4.78. The summed E-state index contributed by atoms with van der Waals surface area (Å²) in [5.41, 5.74) is -0.759. The second-order valence-corrected chi connectivity index (χ2v) is 6.10. The van der Waals surface area contributed by atoms with Crippen LogP contribution in [0.25, 0.3) is 5.82 Å². The number of carbonyl (C=O) groups is 1. The number of aryl methyl sites for hydroxylation is 1. The number of alkyl halides is 3. The van der Waals surface area contributed by atoms with Crippen molar-refractivity contribution in [2.45, 2.75) is 13.1 Å². The molecule has 10 heteroatoms. The minimum Gasteiger partial charge on any atom is -0.319 e. The van der Waals surface area contributed by atoms with Crippen molar-refractivity contribution in [2.75, 3.05) is 5.32 Å². The Balaban J connectivity index is 2.11. The number of nitrogens with zero attached hydrogens (tertiary/aromatic N) is 4. The van der Waals surface area contributed by atoms with Crippen molar-refractivity contribution in [3.63, 3.8) is 0 Å². The van der Waals surface area contributed by atoms with Crippen LogP contribution in [0.5, 0.6) is 0 Å². The van der Waals surface area contributed by atoms with Gasteiger partial charge >= 0.3 is 6.18 Å². The van der Waals surface area contributed by atoms with E-state index in [0.29, 0.717) is 11.6 Å². The molecule has 1 N–H and O–H groups in total. The van der Waals surface area contributed by atoms with Crippen LogP contribution in [-0.4, -0.2) is 20.7 Å².